The molecular weight excluding hydrogens is 351 g/mol. The van der Waals surface area contributed by atoms with Crippen LogP contribution in [0.2, 0.25) is 0 Å². The lowest BCUT2D eigenvalue weighted by molar-refractivity contribution is -0.122. The fraction of sp³-hybridized carbons (Fsp3) is 0.150. The number of rotatable bonds is 3. The van der Waals surface area contributed by atoms with Gasteiger partial charge in [0.1, 0.15) is 11.4 Å². The zero-order chi connectivity index (χ0) is 19.0. The molecule has 1 aliphatic heterocycles. The van der Waals surface area contributed by atoms with Gasteiger partial charge < -0.3 is 14.6 Å². The van der Waals surface area contributed by atoms with Gasteiger partial charge in [-0.3, -0.25) is 9.59 Å². The largest absolute Gasteiger partial charge is 0.423 e. The molecule has 2 heterocycles. The molecule has 4 rings (SSSR count). The van der Waals surface area contributed by atoms with E-state index in [1.165, 1.54) is 35.2 Å². The summed E-state index contributed by atoms with van der Waals surface area (Å²) in [5.41, 5.74) is 1.11. The van der Waals surface area contributed by atoms with Crippen molar-refractivity contribution in [2.24, 2.45) is 5.92 Å². The van der Waals surface area contributed by atoms with E-state index in [0.29, 0.717) is 22.3 Å². The number of hydrogen-bond donors (Lipinski definition) is 1. The molecule has 0 radical (unpaired) electrons. The molecule has 0 unspecified atom stereocenters. The van der Waals surface area contributed by atoms with Gasteiger partial charge in [0, 0.05) is 35.8 Å². The Kier molecular flexibility index (Phi) is 4.19. The molecule has 2 aromatic carbocycles. The van der Waals surface area contributed by atoms with Gasteiger partial charge in [0.25, 0.3) is 0 Å². The first-order chi connectivity index (χ1) is 13.0. The third-order valence-electron chi connectivity index (χ3n) is 4.52. The van der Waals surface area contributed by atoms with E-state index in [0.717, 1.165) is 0 Å². The van der Waals surface area contributed by atoms with Crippen LogP contribution in [-0.2, 0) is 9.59 Å². The van der Waals surface area contributed by atoms with E-state index >= 15 is 0 Å². The Bertz CT molecular complexity index is 1090. The highest BCUT2D eigenvalue weighted by molar-refractivity contribution is 6.04. The summed E-state index contributed by atoms with van der Waals surface area (Å²) in [7, 11) is 0. The lowest BCUT2D eigenvalue weighted by atomic mass is 10.1. The third-order valence-corrected chi connectivity index (χ3v) is 4.52. The number of nitrogens with zero attached hydrogens (tertiary/aromatic N) is 1. The predicted octanol–water partition coefficient (Wildman–Crippen LogP) is 2.92. The smallest absolute Gasteiger partial charge is 0.336 e. The van der Waals surface area contributed by atoms with E-state index in [2.05, 4.69) is 5.32 Å². The van der Waals surface area contributed by atoms with Gasteiger partial charge >= 0.3 is 5.63 Å². The topological polar surface area (TPSA) is 79.6 Å². The SMILES string of the molecule is O=C(Nc1ccc2oc(=O)ccc2c1)[C@@H]1CC(=O)N(c2ccc(F)cc2)C1. The van der Waals surface area contributed by atoms with E-state index < -0.39 is 11.5 Å². The Morgan fingerprint density at radius 1 is 1.07 bits per heavy atom. The number of carbonyl (C=O) groups excluding carboxylic acids is 2. The minimum absolute atomic E-state index is 0.0890. The Hall–Kier alpha value is -3.48. The van der Waals surface area contributed by atoms with Crippen LogP contribution >= 0.6 is 0 Å². The molecule has 136 valence electrons. The van der Waals surface area contributed by atoms with Gasteiger partial charge in [-0.25, -0.2) is 9.18 Å². The first-order valence-corrected chi connectivity index (χ1v) is 8.40. The van der Waals surface area contributed by atoms with Crippen molar-refractivity contribution in [2.45, 2.75) is 6.42 Å². The lowest BCUT2D eigenvalue weighted by Crippen LogP contribution is -2.28. The van der Waals surface area contributed by atoms with Crippen LogP contribution in [0.15, 0.2) is 63.8 Å². The number of anilines is 2. The summed E-state index contributed by atoms with van der Waals surface area (Å²) in [6, 6.07) is 13.5. The number of fused-ring (bicyclic) bond motifs is 1. The van der Waals surface area contributed by atoms with Crippen molar-refractivity contribution < 1.29 is 18.4 Å². The molecule has 3 aromatic rings. The first kappa shape index (κ1) is 17.0. The minimum atomic E-state index is -0.507. The van der Waals surface area contributed by atoms with Crippen LogP contribution in [0.4, 0.5) is 15.8 Å². The van der Waals surface area contributed by atoms with Gasteiger partial charge in [-0.2, -0.15) is 0 Å². The van der Waals surface area contributed by atoms with Crippen molar-refractivity contribution in [1.29, 1.82) is 0 Å². The summed E-state index contributed by atoms with van der Waals surface area (Å²) < 4.78 is 18.1. The summed E-state index contributed by atoms with van der Waals surface area (Å²) in [6.07, 6.45) is 0.0890. The molecule has 7 heteroatoms. The highest BCUT2D eigenvalue weighted by atomic mass is 19.1. The number of hydrogen-bond acceptors (Lipinski definition) is 4. The molecular formula is C20H15FN2O4. The monoisotopic (exact) mass is 366 g/mol. The maximum absolute atomic E-state index is 13.1. The van der Waals surface area contributed by atoms with Crippen molar-refractivity contribution in [2.75, 3.05) is 16.8 Å². The Morgan fingerprint density at radius 3 is 2.63 bits per heavy atom. The van der Waals surface area contributed by atoms with Gasteiger partial charge in [-0.1, -0.05) is 0 Å². The number of halogens is 1. The average Bonchev–Trinajstić information content (AvgIpc) is 3.04. The van der Waals surface area contributed by atoms with Crippen LogP contribution in [0.3, 0.4) is 0 Å². The van der Waals surface area contributed by atoms with Crippen molar-refractivity contribution in [1.82, 2.24) is 0 Å². The van der Waals surface area contributed by atoms with Gasteiger partial charge in [0.2, 0.25) is 11.8 Å². The van der Waals surface area contributed by atoms with E-state index in [1.807, 2.05) is 0 Å². The molecule has 27 heavy (non-hydrogen) atoms. The van der Waals surface area contributed by atoms with E-state index in [9.17, 15) is 18.8 Å². The van der Waals surface area contributed by atoms with E-state index in [4.69, 9.17) is 4.42 Å². The number of carbonyl (C=O) groups is 2. The number of amides is 2. The second-order valence-electron chi connectivity index (χ2n) is 6.38. The van der Waals surface area contributed by atoms with Gasteiger partial charge in [-0.15, -0.1) is 0 Å². The molecule has 1 aromatic heterocycles. The predicted molar refractivity (Wildman–Crippen MR) is 98.0 cm³/mol. The van der Waals surface area contributed by atoms with Gasteiger partial charge in [0.15, 0.2) is 0 Å². The van der Waals surface area contributed by atoms with Gasteiger partial charge in [0.05, 0.1) is 5.92 Å². The lowest BCUT2D eigenvalue weighted by Gasteiger charge is -2.16. The molecule has 1 saturated heterocycles. The van der Waals surface area contributed by atoms with Crippen LogP contribution in [0.5, 0.6) is 0 Å². The summed E-state index contributed by atoms with van der Waals surface area (Å²) in [5.74, 6) is -1.34. The Morgan fingerprint density at radius 2 is 1.85 bits per heavy atom. The van der Waals surface area contributed by atoms with Crippen LogP contribution in [0, 0.1) is 11.7 Å². The molecule has 0 spiro atoms. The molecule has 0 saturated carbocycles. The van der Waals surface area contributed by atoms with Crippen LogP contribution in [0.1, 0.15) is 6.42 Å². The molecule has 1 fully saturated rings. The van der Waals surface area contributed by atoms with Crippen molar-refractivity contribution in [3.8, 4) is 0 Å². The zero-order valence-electron chi connectivity index (χ0n) is 14.1. The maximum atomic E-state index is 13.1. The average molecular weight is 366 g/mol. The second kappa shape index (κ2) is 6.68. The van der Waals surface area contributed by atoms with Crippen molar-refractivity contribution in [3.05, 3.63) is 70.8 Å². The molecule has 2 amide bonds. The molecule has 1 aliphatic rings. The summed E-state index contributed by atoms with van der Waals surface area (Å²) in [6.45, 7) is 0.235. The zero-order valence-corrected chi connectivity index (χ0v) is 14.1. The van der Waals surface area contributed by atoms with Crippen LogP contribution in [0.25, 0.3) is 11.0 Å². The molecule has 0 aliphatic carbocycles. The van der Waals surface area contributed by atoms with Crippen molar-refractivity contribution >= 4 is 34.2 Å². The van der Waals surface area contributed by atoms with Crippen LogP contribution < -0.4 is 15.8 Å². The van der Waals surface area contributed by atoms with Crippen LogP contribution in [-0.4, -0.2) is 18.4 Å². The molecule has 1 atom stereocenters. The highest BCUT2D eigenvalue weighted by Crippen LogP contribution is 2.26. The summed E-state index contributed by atoms with van der Waals surface area (Å²) in [4.78, 5) is 37.5. The molecule has 6 nitrogen and oxygen atoms in total. The molecule has 0 bridgehead atoms. The quantitative estimate of drug-likeness (QED) is 0.723. The minimum Gasteiger partial charge on any atom is -0.423 e. The standard InChI is InChI=1S/C20H15FN2O4/c21-14-2-5-16(6-3-14)23-11-13(10-18(23)24)20(26)22-15-4-7-17-12(9-15)1-8-19(25)27-17/h1-9,13H,10-11H2,(H,22,26)/t13-/m1/s1. The maximum Gasteiger partial charge on any atom is 0.336 e. The van der Waals surface area contributed by atoms with E-state index in [1.54, 1.807) is 24.3 Å². The first-order valence-electron chi connectivity index (χ1n) is 8.40. The van der Waals surface area contributed by atoms with Crippen molar-refractivity contribution in [3.63, 3.8) is 0 Å². The van der Waals surface area contributed by atoms with E-state index in [-0.39, 0.29) is 30.6 Å². The van der Waals surface area contributed by atoms with Gasteiger partial charge in [-0.05, 0) is 48.5 Å². The second-order valence-corrected chi connectivity index (χ2v) is 6.38. The molecule has 1 N–H and O–H groups in total. The highest BCUT2D eigenvalue weighted by Gasteiger charge is 2.35. The summed E-state index contributed by atoms with van der Waals surface area (Å²) in [5, 5.41) is 3.48. The Labute approximate surface area is 153 Å². The Balaban J connectivity index is 1.48. The normalized spacial score (nSPS) is 16.7. The fourth-order valence-corrected chi connectivity index (χ4v) is 3.15. The summed E-state index contributed by atoms with van der Waals surface area (Å²) >= 11 is 0. The number of nitrogens with one attached hydrogen (secondary N) is 1. The third kappa shape index (κ3) is 3.44. The number of benzene rings is 2. The fourth-order valence-electron chi connectivity index (χ4n) is 3.15.